The Labute approximate surface area is 126 Å². The molecule has 4 heteroatoms. The Hall–Kier alpha value is -0.580. The van der Waals surface area contributed by atoms with Gasteiger partial charge in [0.15, 0.2) is 0 Å². The number of aromatic nitrogens is 1. The Bertz CT molecular complexity index is 599. The first-order chi connectivity index (χ1) is 8.94. The molecule has 2 aromatic heterocycles. The second-order valence-corrected chi connectivity index (χ2v) is 8.66. The van der Waals surface area contributed by atoms with E-state index < -0.39 is 0 Å². The smallest absolute Gasteiger partial charge is 0.0812 e. The summed E-state index contributed by atoms with van der Waals surface area (Å²) in [6.45, 7) is 5.37. The zero-order chi connectivity index (χ0) is 13.6. The molecule has 0 radical (unpaired) electrons. The van der Waals surface area contributed by atoms with Gasteiger partial charge in [-0.05, 0) is 52.4 Å². The van der Waals surface area contributed by atoms with Crippen molar-refractivity contribution in [1.29, 1.82) is 0 Å². The summed E-state index contributed by atoms with van der Waals surface area (Å²) in [4.78, 5) is 1.34. The first-order valence-corrected chi connectivity index (χ1v) is 8.16. The molecular weight excluding hydrogens is 322 g/mol. The van der Waals surface area contributed by atoms with E-state index in [0.717, 1.165) is 24.9 Å². The van der Waals surface area contributed by atoms with Crippen LogP contribution < -0.4 is 0 Å². The summed E-state index contributed by atoms with van der Waals surface area (Å²) in [6, 6.07) is 6.33. The molecule has 0 saturated carbocycles. The molecule has 1 unspecified atom stereocenters. The minimum absolute atomic E-state index is 0.179. The molecule has 1 atom stereocenters. The van der Waals surface area contributed by atoms with Crippen LogP contribution in [-0.2, 0) is 13.0 Å². The fraction of sp³-hybridized carbons (Fsp3) is 0.467. The van der Waals surface area contributed by atoms with Crippen molar-refractivity contribution in [2.75, 3.05) is 0 Å². The highest BCUT2D eigenvalue weighted by molar-refractivity contribution is 9.11. The molecular formula is C15H18BrNOS. The minimum Gasteiger partial charge on any atom is -0.388 e. The van der Waals surface area contributed by atoms with E-state index in [2.05, 4.69) is 58.7 Å². The van der Waals surface area contributed by atoms with Gasteiger partial charge in [0.05, 0.1) is 16.4 Å². The molecule has 3 rings (SSSR count). The average Bonchev–Trinajstić information content (AvgIpc) is 2.86. The molecule has 0 fully saturated rings. The Kier molecular flexibility index (Phi) is 3.36. The lowest BCUT2D eigenvalue weighted by molar-refractivity contribution is 0.0981. The molecule has 0 bridgehead atoms. The van der Waals surface area contributed by atoms with Gasteiger partial charge < -0.3 is 9.67 Å². The molecule has 0 aliphatic heterocycles. The van der Waals surface area contributed by atoms with Crippen LogP contribution in [0, 0.1) is 5.41 Å². The highest BCUT2D eigenvalue weighted by Gasteiger charge is 2.33. The highest BCUT2D eigenvalue weighted by atomic mass is 79.9. The van der Waals surface area contributed by atoms with Crippen molar-refractivity contribution in [2.45, 2.75) is 39.3 Å². The maximum absolute atomic E-state index is 10.3. The minimum atomic E-state index is -0.310. The molecule has 19 heavy (non-hydrogen) atoms. The van der Waals surface area contributed by atoms with E-state index in [1.807, 2.05) is 0 Å². The summed E-state index contributed by atoms with van der Waals surface area (Å²) in [5.74, 6) is 0. The maximum atomic E-state index is 10.3. The van der Waals surface area contributed by atoms with Crippen LogP contribution in [0.3, 0.4) is 0 Å². The summed E-state index contributed by atoms with van der Waals surface area (Å²) < 4.78 is 3.46. The third kappa shape index (κ3) is 2.67. The van der Waals surface area contributed by atoms with Crippen molar-refractivity contribution < 1.29 is 5.11 Å². The van der Waals surface area contributed by atoms with E-state index in [-0.39, 0.29) is 11.5 Å². The fourth-order valence-electron chi connectivity index (χ4n) is 2.94. The van der Waals surface area contributed by atoms with Gasteiger partial charge in [-0.15, -0.1) is 11.3 Å². The van der Waals surface area contributed by atoms with Crippen molar-refractivity contribution >= 4 is 27.3 Å². The number of halogens is 1. The largest absolute Gasteiger partial charge is 0.388 e. The molecule has 102 valence electrons. The molecule has 1 aliphatic carbocycles. The molecule has 2 heterocycles. The van der Waals surface area contributed by atoms with Crippen LogP contribution in [0.5, 0.6) is 0 Å². The number of rotatable bonds is 2. The van der Waals surface area contributed by atoms with Crippen molar-refractivity contribution in [3.63, 3.8) is 0 Å². The van der Waals surface area contributed by atoms with Crippen molar-refractivity contribution in [3.8, 4) is 0 Å². The van der Waals surface area contributed by atoms with E-state index >= 15 is 0 Å². The quantitative estimate of drug-likeness (QED) is 0.863. The summed E-state index contributed by atoms with van der Waals surface area (Å²) in [5.41, 5.74) is 2.60. The number of hydrogen-bond donors (Lipinski definition) is 1. The lowest BCUT2D eigenvalue weighted by atomic mass is 9.75. The van der Waals surface area contributed by atoms with Crippen LogP contribution in [0.4, 0.5) is 0 Å². The van der Waals surface area contributed by atoms with Gasteiger partial charge in [0.2, 0.25) is 0 Å². The predicted molar refractivity (Wildman–Crippen MR) is 82.6 cm³/mol. The number of fused-ring (bicyclic) bond motifs is 1. The van der Waals surface area contributed by atoms with Crippen molar-refractivity contribution in [2.24, 2.45) is 5.41 Å². The monoisotopic (exact) mass is 339 g/mol. The number of nitrogens with zero attached hydrogens (tertiary/aromatic N) is 1. The van der Waals surface area contributed by atoms with E-state index in [9.17, 15) is 5.11 Å². The average molecular weight is 340 g/mol. The second-order valence-electron chi connectivity index (χ2n) is 6.11. The van der Waals surface area contributed by atoms with E-state index in [1.54, 1.807) is 11.3 Å². The maximum Gasteiger partial charge on any atom is 0.0812 e. The molecule has 0 aromatic carbocycles. The SMILES string of the molecule is CC1(C)Cc2c(ccn2Cc2ccc(Br)s2)C(O)C1. The summed E-state index contributed by atoms with van der Waals surface area (Å²) >= 11 is 5.28. The third-order valence-corrected chi connectivity index (χ3v) is 5.43. The Balaban J connectivity index is 1.92. The Morgan fingerprint density at radius 3 is 2.89 bits per heavy atom. The topological polar surface area (TPSA) is 25.2 Å². The van der Waals surface area contributed by atoms with Gasteiger partial charge in [0.25, 0.3) is 0 Å². The summed E-state index contributed by atoms with van der Waals surface area (Å²) in [7, 11) is 0. The van der Waals surface area contributed by atoms with Crippen LogP contribution in [0.15, 0.2) is 28.2 Å². The predicted octanol–water partition coefficient (Wildman–Crippen LogP) is 4.37. The highest BCUT2D eigenvalue weighted by Crippen LogP contribution is 2.41. The number of aliphatic hydroxyl groups excluding tert-OH is 1. The number of aliphatic hydroxyl groups is 1. The molecule has 0 amide bonds. The molecule has 0 saturated heterocycles. The summed E-state index contributed by atoms with van der Waals surface area (Å²) in [6.07, 6.45) is 3.70. The first kappa shape index (κ1) is 13.4. The van der Waals surface area contributed by atoms with Crippen molar-refractivity contribution in [1.82, 2.24) is 4.57 Å². The van der Waals surface area contributed by atoms with Crippen LogP contribution in [-0.4, -0.2) is 9.67 Å². The van der Waals surface area contributed by atoms with Gasteiger partial charge in [-0.3, -0.25) is 0 Å². The van der Waals surface area contributed by atoms with Gasteiger partial charge in [-0.25, -0.2) is 0 Å². The van der Waals surface area contributed by atoms with Gasteiger partial charge in [0.1, 0.15) is 0 Å². The molecule has 1 aliphatic rings. The number of thiophene rings is 1. The molecule has 0 spiro atoms. The van der Waals surface area contributed by atoms with E-state index in [1.165, 1.54) is 14.4 Å². The lowest BCUT2D eigenvalue weighted by Crippen LogP contribution is -2.26. The molecule has 2 aromatic rings. The van der Waals surface area contributed by atoms with Gasteiger partial charge in [0, 0.05) is 22.3 Å². The molecule has 1 N–H and O–H groups in total. The number of hydrogen-bond acceptors (Lipinski definition) is 2. The van der Waals surface area contributed by atoms with Crippen LogP contribution in [0.1, 0.15) is 42.5 Å². The molecule has 2 nitrogen and oxygen atoms in total. The van der Waals surface area contributed by atoms with Crippen LogP contribution >= 0.6 is 27.3 Å². The zero-order valence-corrected chi connectivity index (χ0v) is 13.6. The standard InChI is InChI=1S/C15H18BrNOS/c1-15(2)7-12-11(13(18)8-15)5-6-17(12)9-10-3-4-14(16)19-10/h3-6,13,18H,7-9H2,1-2H3. The van der Waals surface area contributed by atoms with Crippen molar-refractivity contribution in [3.05, 3.63) is 44.3 Å². The van der Waals surface area contributed by atoms with Gasteiger partial charge in [-0.2, -0.15) is 0 Å². The van der Waals surface area contributed by atoms with E-state index in [4.69, 9.17) is 0 Å². The zero-order valence-electron chi connectivity index (χ0n) is 11.2. The van der Waals surface area contributed by atoms with Gasteiger partial charge in [-0.1, -0.05) is 13.8 Å². The third-order valence-electron chi connectivity index (χ3n) is 3.82. The lowest BCUT2D eigenvalue weighted by Gasteiger charge is -2.33. The Morgan fingerprint density at radius 2 is 2.21 bits per heavy atom. The first-order valence-electron chi connectivity index (χ1n) is 6.55. The van der Waals surface area contributed by atoms with Gasteiger partial charge >= 0.3 is 0 Å². The van der Waals surface area contributed by atoms with Crippen LogP contribution in [0.25, 0.3) is 0 Å². The Morgan fingerprint density at radius 1 is 1.42 bits per heavy atom. The van der Waals surface area contributed by atoms with E-state index in [0.29, 0.717) is 0 Å². The second kappa shape index (κ2) is 4.76. The fourth-order valence-corrected chi connectivity index (χ4v) is 4.42. The summed E-state index contributed by atoms with van der Waals surface area (Å²) in [5, 5.41) is 10.3. The normalized spacial score (nSPS) is 21.4. The van der Waals surface area contributed by atoms with Crippen LogP contribution in [0.2, 0.25) is 0 Å².